The fraction of sp³-hybridized carbons (Fsp3) is 0.167. The van der Waals surface area contributed by atoms with Gasteiger partial charge in [-0.25, -0.2) is 4.79 Å². The van der Waals surface area contributed by atoms with Gasteiger partial charge in [0.1, 0.15) is 5.56 Å². The van der Waals surface area contributed by atoms with Crippen LogP contribution in [0.1, 0.15) is 23.0 Å². The molecule has 4 heteroatoms. The molecule has 0 aliphatic heterocycles. The Balaban J connectivity index is 2.58. The van der Waals surface area contributed by atoms with E-state index in [0.717, 1.165) is 10.4 Å². The molecule has 0 atom stereocenters. The molecule has 82 valence electrons. The smallest absolute Gasteiger partial charge is 0.339 e. The third kappa shape index (κ3) is 1.84. The number of carboxylic acids is 1. The summed E-state index contributed by atoms with van der Waals surface area (Å²) in [6.45, 7) is 1.91. The van der Waals surface area contributed by atoms with Gasteiger partial charge in [0.05, 0.1) is 10.6 Å². The lowest BCUT2D eigenvalue weighted by molar-refractivity contribution is 0.0697. The fourth-order valence-electron chi connectivity index (χ4n) is 1.57. The van der Waals surface area contributed by atoms with Gasteiger partial charge < -0.3 is 5.11 Å². The van der Waals surface area contributed by atoms with E-state index in [0.29, 0.717) is 17.7 Å². The van der Waals surface area contributed by atoms with Crippen LogP contribution in [-0.2, 0) is 6.42 Å². The highest BCUT2D eigenvalue weighted by Crippen LogP contribution is 2.30. The molecule has 1 heterocycles. The summed E-state index contributed by atoms with van der Waals surface area (Å²) in [5, 5.41) is 9.19. The van der Waals surface area contributed by atoms with E-state index in [1.165, 1.54) is 11.5 Å². The second-order valence-corrected chi connectivity index (χ2v) is 4.13. The average molecular weight is 233 g/mol. The van der Waals surface area contributed by atoms with E-state index in [1.54, 1.807) is 0 Å². The molecular weight excluding hydrogens is 222 g/mol. The van der Waals surface area contributed by atoms with Crippen molar-refractivity contribution in [1.29, 1.82) is 0 Å². The summed E-state index contributed by atoms with van der Waals surface area (Å²) in [4.78, 5) is 11.9. The molecule has 0 fully saturated rings. The van der Waals surface area contributed by atoms with Gasteiger partial charge >= 0.3 is 5.97 Å². The molecule has 0 spiro atoms. The van der Waals surface area contributed by atoms with Crippen LogP contribution in [0.5, 0.6) is 0 Å². The first-order valence-electron chi connectivity index (χ1n) is 5.01. The minimum absolute atomic E-state index is 0.346. The summed E-state index contributed by atoms with van der Waals surface area (Å²) in [5.74, 6) is -0.899. The van der Waals surface area contributed by atoms with Crippen LogP contribution in [0.3, 0.4) is 0 Å². The molecule has 0 saturated carbocycles. The number of carbonyl (C=O) groups is 1. The second-order valence-electron chi connectivity index (χ2n) is 3.36. The van der Waals surface area contributed by atoms with Crippen molar-refractivity contribution in [3.8, 4) is 10.4 Å². The second kappa shape index (κ2) is 4.45. The van der Waals surface area contributed by atoms with E-state index < -0.39 is 5.97 Å². The van der Waals surface area contributed by atoms with Gasteiger partial charge in [0, 0.05) is 0 Å². The number of aromatic nitrogens is 1. The molecule has 0 saturated heterocycles. The molecule has 0 aliphatic rings. The van der Waals surface area contributed by atoms with Crippen LogP contribution in [0.4, 0.5) is 0 Å². The van der Waals surface area contributed by atoms with Gasteiger partial charge in [-0.1, -0.05) is 37.3 Å². The van der Waals surface area contributed by atoms with Gasteiger partial charge in [-0.3, -0.25) is 0 Å². The van der Waals surface area contributed by atoms with E-state index in [4.69, 9.17) is 0 Å². The molecule has 2 rings (SSSR count). The Bertz CT molecular complexity index is 505. The van der Waals surface area contributed by atoms with Crippen LogP contribution >= 0.6 is 11.5 Å². The quantitative estimate of drug-likeness (QED) is 0.886. The van der Waals surface area contributed by atoms with Gasteiger partial charge in [0.15, 0.2) is 0 Å². The molecule has 1 N–H and O–H groups in total. The number of nitrogens with zero attached hydrogens (tertiary/aromatic N) is 1. The molecule has 3 nitrogen and oxygen atoms in total. The van der Waals surface area contributed by atoms with Crippen LogP contribution in [0.25, 0.3) is 10.4 Å². The van der Waals surface area contributed by atoms with Crippen LogP contribution in [0.15, 0.2) is 30.3 Å². The Hall–Kier alpha value is -1.68. The predicted molar refractivity (Wildman–Crippen MR) is 63.9 cm³/mol. The van der Waals surface area contributed by atoms with Crippen LogP contribution in [0, 0.1) is 0 Å². The first-order valence-corrected chi connectivity index (χ1v) is 5.78. The normalized spacial score (nSPS) is 10.3. The third-order valence-electron chi connectivity index (χ3n) is 2.35. The number of hydrogen-bond acceptors (Lipinski definition) is 3. The Morgan fingerprint density at radius 1 is 1.38 bits per heavy atom. The van der Waals surface area contributed by atoms with E-state index in [1.807, 2.05) is 37.3 Å². The minimum atomic E-state index is -0.899. The molecule has 1 aromatic heterocycles. The van der Waals surface area contributed by atoms with E-state index in [9.17, 15) is 9.90 Å². The zero-order valence-electron chi connectivity index (χ0n) is 8.80. The molecule has 2 aromatic rings. The Labute approximate surface area is 97.5 Å². The standard InChI is InChI=1S/C12H11NO2S/c1-2-9-10(12(14)15)11(16-13-9)8-6-4-3-5-7-8/h3-7H,2H2,1H3,(H,14,15). The number of rotatable bonds is 3. The molecule has 0 aliphatic carbocycles. The molecule has 0 radical (unpaired) electrons. The van der Waals surface area contributed by atoms with Crippen molar-refractivity contribution >= 4 is 17.5 Å². The topological polar surface area (TPSA) is 50.2 Å². The maximum atomic E-state index is 11.2. The minimum Gasteiger partial charge on any atom is -0.478 e. The molecule has 0 amide bonds. The van der Waals surface area contributed by atoms with E-state index in [2.05, 4.69) is 4.37 Å². The summed E-state index contributed by atoms with van der Waals surface area (Å²) < 4.78 is 4.19. The third-order valence-corrected chi connectivity index (χ3v) is 3.28. The van der Waals surface area contributed by atoms with Crippen molar-refractivity contribution in [2.24, 2.45) is 0 Å². The summed E-state index contributed by atoms with van der Waals surface area (Å²) in [7, 11) is 0. The van der Waals surface area contributed by atoms with Crippen LogP contribution < -0.4 is 0 Å². The summed E-state index contributed by atoms with van der Waals surface area (Å²) in [6.07, 6.45) is 0.644. The van der Waals surface area contributed by atoms with Crippen molar-refractivity contribution in [2.75, 3.05) is 0 Å². The molecule has 0 bridgehead atoms. The van der Waals surface area contributed by atoms with Crippen molar-refractivity contribution in [3.63, 3.8) is 0 Å². The number of carboxylic acid groups (broad SMARTS) is 1. The summed E-state index contributed by atoms with van der Waals surface area (Å²) in [6, 6.07) is 9.50. The van der Waals surface area contributed by atoms with E-state index >= 15 is 0 Å². The highest BCUT2D eigenvalue weighted by atomic mass is 32.1. The SMILES string of the molecule is CCc1nsc(-c2ccccc2)c1C(=O)O. The lowest BCUT2D eigenvalue weighted by Crippen LogP contribution is -2.00. The van der Waals surface area contributed by atoms with Crippen molar-refractivity contribution in [3.05, 3.63) is 41.6 Å². The number of aryl methyl sites for hydroxylation is 1. The van der Waals surface area contributed by atoms with Gasteiger partial charge in [-0.15, -0.1) is 0 Å². The summed E-state index contributed by atoms with van der Waals surface area (Å²) in [5.41, 5.74) is 1.92. The van der Waals surface area contributed by atoms with Gasteiger partial charge in [-0.05, 0) is 23.5 Å². The highest BCUT2D eigenvalue weighted by molar-refractivity contribution is 7.10. The van der Waals surface area contributed by atoms with Gasteiger partial charge in [-0.2, -0.15) is 4.37 Å². The Morgan fingerprint density at radius 2 is 2.06 bits per heavy atom. The first kappa shape index (κ1) is 10.8. The molecule has 0 unspecified atom stereocenters. The number of aromatic carboxylic acids is 1. The maximum absolute atomic E-state index is 11.2. The zero-order chi connectivity index (χ0) is 11.5. The largest absolute Gasteiger partial charge is 0.478 e. The van der Waals surface area contributed by atoms with Crippen molar-refractivity contribution in [2.45, 2.75) is 13.3 Å². The van der Waals surface area contributed by atoms with Crippen molar-refractivity contribution in [1.82, 2.24) is 4.37 Å². The average Bonchev–Trinajstić information content (AvgIpc) is 2.73. The zero-order valence-corrected chi connectivity index (χ0v) is 9.62. The predicted octanol–water partition coefficient (Wildman–Crippen LogP) is 3.07. The van der Waals surface area contributed by atoms with Crippen LogP contribution in [-0.4, -0.2) is 15.4 Å². The Kier molecular flexibility index (Phi) is 3.01. The molecule has 1 aromatic carbocycles. The highest BCUT2D eigenvalue weighted by Gasteiger charge is 2.19. The van der Waals surface area contributed by atoms with Crippen LogP contribution in [0.2, 0.25) is 0 Å². The lowest BCUT2D eigenvalue weighted by Gasteiger charge is -1.99. The maximum Gasteiger partial charge on any atom is 0.339 e. The summed E-state index contributed by atoms with van der Waals surface area (Å²) >= 11 is 1.25. The monoisotopic (exact) mass is 233 g/mol. The lowest BCUT2D eigenvalue weighted by atomic mass is 10.1. The van der Waals surface area contributed by atoms with Gasteiger partial charge in [0.2, 0.25) is 0 Å². The molecular formula is C12H11NO2S. The number of hydrogen-bond donors (Lipinski definition) is 1. The van der Waals surface area contributed by atoms with Crippen molar-refractivity contribution < 1.29 is 9.90 Å². The number of benzene rings is 1. The molecule has 16 heavy (non-hydrogen) atoms. The van der Waals surface area contributed by atoms with Gasteiger partial charge in [0.25, 0.3) is 0 Å². The van der Waals surface area contributed by atoms with E-state index in [-0.39, 0.29) is 0 Å². The Morgan fingerprint density at radius 3 is 2.62 bits per heavy atom. The fourth-order valence-corrected chi connectivity index (χ4v) is 2.53. The first-order chi connectivity index (χ1) is 7.74.